The van der Waals surface area contributed by atoms with Gasteiger partial charge in [0.05, 0.1) is 6.42 Å². The third-order valence-corrected chi connectivity index (χ3v) is 4.22. The van der Waals surface area contributed by atoms with Gasteiger partial charge in [0, 0.05) is 30.0 Å². The molecule has 3 rings (SSSR count). The van der Waals surface area contributed by atoms with Gasteiger partial charge in [-0.05, 0) is 39.1 Å². The maximum absolute atomic E-state index is 12.3. The SMILES string of the molecule is Cc1nc(-c2ccccn2)[nH]c(=O)c1CC(=O)N[C@@H]1CCN(C)C1. The molecule has 24 heavy (non-hydrogen) atoms. The minimum absolute atomic E-state index is 0.0386. The highest BCUT2D eigenvalue weighted by molar-refractivity contribution is 5.79. The molecule has 0 aromatic carbocycles. The van der Waals surface area contributed by atoms with Crippen LogP contribution in [0.4, 0.5) is 0 Å². The normalized spacial score (nSPS) is 17.8. The average Bonchev–Trinajstić information content (AvgIpc) is 2.96. The van der Waals surface area contributed by atoms with Gasteiger partial charge < -0.3 is 15.2 Å². The highest BCUT2D eigenvalue weighted by atomic mass is 16.2. The lowest BCUT2D eigenvalue weighted by molar-refractivity contribution is -0.121. The van der Waals surface area contributed by atoms with Gasteiger partial charge in [-0.2, -0.15) is 0 Å². The second-order valence-corrected chi connectivity index (χ2v) is 6.19. The van der Waals surface area contributed by atoms with E-state index >= 15 is 0 Å². The average molecular weight is 327 g/mol. The Hall–Kier alpha value is -2.54. The van der Waals surface area contributed by atoms with Crippen LogP contribution in [0.3, 0.4) is 0 Å². The number of amides is 1. The van der Waals surface area contributed by atoms with Crippen LogP contribution < -0.4 is 10.9 Å². The second-order valence-electron chi connectivity index (χ2n) is 6.19. The van der Waals surface area contributed by atoms with Gasteiger partial charge in [-0.1, -0.05) is 6.07 Å². The summed E-state index contributed by atoms with van der Waals surface area (Å²) in [5, 5.41) is 2.98. The Morgan fingerprint density at radius 2 is 2.29 bits per heavy atom. The number of hydrogen-bond acceptors (Lipinski definition) is 5. The first kappa shape index (κ1) is 16.3. The molecule has 0 radical (unpaired) electrons. The number of carbonyl (C=O) groups excluding carboxylic acids is 1. The number of aromatic amines is 1. The summed E-state index contributed by atoms with van der Waals surface area (Å²) in [6.45, 7) is 3.57. The quantitative estimate of drug-likeness (QED) is 0.853. The van der Waals surface area contributed by atoms with Crippen molar-refractivity contribution in [2.45, 2.75) is 25.8 Å². The van der Waals surface area contributed by atoms with E-state index in [9.17, 15) is 9.59 Å². The molecule has 1 atom stereocenters. The minimum Gasteiger partial charge on any atom is -0.352 e. The number of rotatable bonds is 4. The zero-order valence-corrected chi connectivity index (χ0v) is 13.9. The summed E-state index contributed by atoms with van der Waals surface area (Å²) in [6, 6.07) is 5.56. The van der Waals surface area contributed by atoms with Crippen LogP contribution in [0.2, 0.25) is 0 Å². The van der Waals surface area contributed by atoms with Crippen LogP contribution >= 0.6 is 0 Å². The van der Waals surface area contributed by atoms with Crippen LogP contribution in [0.5, 0.6) is 0 Å². The fourth-order valence-corrected chi connectivity index (χ4v) is 2.93. The summed E-state index contributed by atoms with van der Waals surface area (Å²) in [6.07, 6.45) is 2.62. The first-order valence-corrected chi connectivity index (χ1v) is 8.02. The maximum Gasteiger partial charge on any atom is 0.255 e. The topological polar surface area (TPSA) is 91.0 Å². The van der Waals surface area contributed by atoms with Crippen LogP contribution in [-0.4, -0.2) is 51.9 Å². The van der Waals surface area contributed by atoms with Crippen LogP contribution in [0.15, 0.2) is 29.2 Å². The number of nitrogens with one attached hydrogen (secondary N) is 2. The summed E-state index contributed by atoms with van der Waals surface area (Å²) < 4.78 is 0. The number of likely N-dealkylation sites (N-methyl/N-ethyl adjacent to an activating group) is 1. The molecule has 2 aromatic heterocycles. The van der Waals surface area contributed by atoms with E-state index in [0.29, 0.717) is 22.8 Å². The number of likely N-dealkylation sites (tertiary alicyclic amines) is 1. The Kier molecular flexibility index (Phi) is 4.71. The van der Waals surface area contributed by atoms with Gasteiger partial charge in [0.2, 0.25) is 5.91 Å². The molecule has 2 N–H and O–H groups in total. The van der Waals surface area contributed by atoms with E-state index in [0.717, 1.165) is 19.5 Å². The number of H-pyrrole nitrogens is 1. The molecular weight excluding hydrogens is 306 g/mol. The Labute approximate surface area is 140 Å². The molecule has 0 unspecified atom stereocenters. The van der Waals surface area contributed by atoms with E-state index in [1.54, 1.807) is 25.3 Å². The molecular formula is C17H21N5O2. The van der Waals surface area contributed by atoms with Gasteiger partial charge in [0.1, 0.15) is 5.69 Å². The predicted octanol–water partition coefficient (Wildman–Crippen LogP) is 0.503. The molecule has 1 aliphatic rings. The molecule has 0 saturated carbocycles. The van der Waals surface area contributed by atoms with Crippen molar-refractivity contribution in [3.05, 3.63) is 46.0 Å². The van der Waals surface area contributed by atoms with Crippen molar-refractivity contribution in [1.29, 1.82) is 0 Å². The van der Waals surface area contributed by atoms with E-state index < -0.39 is 0 Å². The lowest BCUT2D eigenvalue weighted by atomic mass is 10.1. The molecule has 1 saturated heterocycles. The summed E-state index contributed by atoms with van der Waals surface area (Å²) in [7, 11) is 2.03. The van der Waals surface area contributed by atoms with Crippen molar-refractivity contribution in [1.82, 2.24) is 25.2 Å². The number of aryl methyl sites for hydroxylation is 1. The fraction of sp³-hybridized carbons (Fsp3) is 0.412. The molecule has 0 bridgehead atoms. The highest BCUT2D eigenvalue weighted by Crippen LogP contribution is 2.11. The Morgan fingerprint density at radius 1 is 1.46 bits per heavy atom. The number of hydrogen-bond donors (Lipinski definition) is 2. The van der Waals surface area contributed by atoms with Crippen molar-refractivity contribution in [2.24, 2.45) is 0 Å². The van der Waals surface area contributed by atoms with Crippen molar-refractivity contribution in [2.75, 3.05) is 20.1 Å². The van der Waals surface area contributed by atoms with Crippen LogP contribution in [0.1, 0.15) is 17.7 Å². The van der Waals surface area contributed by atoms with E-state index in [4.69, 9.17) is 0 Å². The third-order valence-electron chi connectivity index (χ3n) is 4.22. The van der Waals surface area contributed by atoms with E-state index in [-0.39, 0.29) is 23.9 Å². The van der Waals surface area contributed by atoms with Crippen molar-refractivity contribution >= 4 is 5.91 Å². The summed E-state index contributed by atoms with van der Waals surface area (Å²) in [4.78, 5) is 38.0. The third kappa shape index (κ3) is 3.68. The summed E-state index contributed by atoms with van der Waals surface area (Å²) in [5.74, 6) is 0.274. The second kappa shape index (κ2) is 6.92. The predicted molar refractivity (Wildman–Crippen MR) is 90.6 cm³/mol. The molecule has 0 aliphatic carbocycles. The van der Waals surface area contributed by atoms with E-state index in [2.05, 4.69) is 25.2 Å². The number of nitrogens with zero attached hydrogens (tertiary/aromatic N) is 3. The molecule has 2 aromatic rings. The zero-order valence-electron chi connectivity index (χ0n) is 13.9. The van der Waals surface area contributed by atoms with E-state index in [1.807, 2.05) is 13.1 Å². The van der Waals surface area contributed by atoms with Crippen molar-refractivity contribution < 1.29 is 4.79 Å². The fourth-order valence-electron chi connectivity index (χ4n) is 2.93. The van der Waals surface area contributed by atoms with Gasteiger partial charge in [-0.3, -0.25) is 14.6 Å². The number of pyridine rings is 1. The van der Waals surface area contributed by atoms with Crippen LogP contribution in [0.25, 0.3) is 11.5 Å². The van der Waals surface area contributed by atoms with Crippen LogP contribution in [0, 0.1) is 6.92 Å². The summed E-state index contributed by atoms with van der Waals surface area (Å²) >= 11 is 0. The minimum atomic E-state index is -0.290. The smallest absolute Gasteiger partial charge is 0.255 e. The lowest BCUT2D eigenvalue weighted by Crippen LogP contribution is -2.38. The number of aromatic nitrogens is 3. The zero-order chi connectivity index (χ0) is 17.1. The Morgan fingerprint density at radius 3 is 2.92 bits per heavy atom. The van der Waals surface area contributed by atoms with Crippen LogP contribution in [-0.2, 0) is 11.2 Å². The van der Waals surface area contributed by atoms with Gasteiger partial charge in [-0.15, -0.1) is 0 Å². The molecule has 7 nitrogen and oxygen atoms in total. The molecule has 126 valence electrons. The molecule has 0 spiro atoms. The van der Waals surface area contributed by atoms with Gasteiger partial charge in [-0.25, -0.2) is 4.98 Å². The monoisotopic (exact) mass is 327 g/mol. The largest absolute Gasteiger partial charge is 0.352 e. The highest BCUT2D eigenvalue weighted by Gasteiger charge is 2.22. The molecule has 7 heteroatoms. The maximum atomic E-state index is 12.3. The molecule has 1 aliphatic heterocycles. The summed E-state index contributed by atoms with van der Waals surface area (Å²) in [5.41, 5.74) is 1.26. The Balaban J connectivity index is 1.74. The molecule has 1 fully saturated rings. The molecule has 3 heterocycles. The van der Waals surface area contributed by atoms with Crippen molar-refractivity contribution in [3.8, 4) is 11.5 Å². The first-order chi connectivity index (χ1) is 11.5. The van der Waals surface area contributed by atoms with E-state index in [1.165, 1.54) is 0 Å². The van der Waals surface area contributed by atoms with Gasteiger partial charge >= 0.3 is 0 Å². The standard InChI is InChI=1S/C17H21N5O2/c1-11-13(9-15(23)20-12-6-8-22(2)10-12)17(24)21-16(19-11)14-5-3-4-7-18-14/h3-5,7,12H,6,8-10H2,1-2H3,(H,20,23)(H,19,21,24)/t12-/m1/s1. The number of carbonyl (C=O) groups is 1. The first-order valence-electron chi connectivity index (χ1n) is 8.02. The van der Waals surface area contributed by atoms with Crippen molar-refractivity contribution in [3.63, 3.8) is 0 Å². The Bertz CT molecular complexity index is 787. The van der Waals surface area contributed by atoms with Gasteiger partial charge in [0.15, 0.2) is 5.82 Å². The molecule has 1 amide bonds. The lowest BCUT2D eigenvalue weighted by Gasteiger charge is -2.13. The van der Waals surface area contributed by atoms with Gasteiger partial charge in [0.25, 0.3) is 5.56 Å².